The summed E-state index contributed by atoms with van der Waals surface area (Å²) in [4.78, 5) is 0. The summed E-state index contributed by atoms with van der Waals surface area (Å²) >= 11 is 6.86. The number of nitrogens with one attached hydrogen (secondary N) is 1. The first-order chi connectivity index (χ1) is 9.76. The number of ether oxygens (including phenoxy) is 1. The largest absolute Gasteiger partial charge is 0.497 e. The Morgan fingerprint density at radius 1 is 1.30 bits per heavy atom. The molecule has 0 heterocycles. The van der Waals surface area contributed by atoms with E-state index in [0.717, 1.165) is 21.4 Å². The zero-order chi connectivity index (χ0) is 14.6. The van der Waals surface area contributed by atoms with E-state index in [-0.39, 0.29) is 0 Å². The van der Waals surface area contributed by atoms with Crippen molar-refractivity contribution in [2.24, 2.45) is 5.10 Å². The van der Waals surface area contributed by atoms with Crippen LogP contribution in [0, 0.1) is 0 Å². The van der Waals surface area contributed by atoms with E-state index in [4.69, 9.17) is 17.0 Å². The highest BCUT2D eigenvalue weighted by Crippen LogP contribution is 2.10. The molecule has 5 heteroatoms. The van der Waals surface area contributed by atoms with Gasteiger partial charge in [0.15, 0.2) is 4.32 Å². The van der Waals surface area contributed by atoms with Crippen LogP contribution < -0.4 is 10.2 Å². The molecule has 3 nitrogen and oxygen atoms in total. The average Bonchev–Trinajstić information content (AvgIpc) is 2.48. The molecule has 0 fully saturated rings. The van der Waals surface area contributed by atoms with E-state index in [9.17, 15) is 0 Å². The van der Waals surface area contributed by atoms with E-state index >= 15 is 0 Å². The van der Waals surface area contributed by atoms with Crippen molar-refractivity contribution in [3.8, 4) is 5.75 Å². The van der Waals surface area contributed by atoms with Gasteiger partial charge in [-0.05, 0) is 36.2 Å². The molecule has 0 saturated carbocycles. The van der Waals surface area contributed by atoms with Gasteiger partial charge in [-0.15, -0.1) is 0 Å². The van der Waals surface area contributed by atoms with Gasteiger partial charge in [0, 0.05) is 5.75 Å². The Bertz CT molecular complexity index is 418. The number of nitrogens with zero attached hydrogens (tertiary/aromatic N) is 1. The lowest BCUT2D eigenvalue weighted by Gasteiger charge is -2.02. The fraction of sp³-hybridized carbons (Fsp3) is 0.467. The van der Waals surface area contributed by atoms with E-state index in [1.807, 2.05) is 24.3 Å². The summed E-state index contributed by atoms with van der Waals surface area (Å²) in [6.45, 7) is 2.22. The normalized spacial score (nSPS) is 10.7. The summed E-state index contributed by atoms with van der Waals surface area (Å²) in [6.07, 6.45) is 6.81. The molecular weight excluding hydrogens is 288 g/mol. The molecule has 1 rings (SSSR count). The van der Waals surface area contributed by atoms with Crippen LogP contribution in [0.25, 0.3) is 0 Å². The number of hydrogen-bond donors (Lipinski definition) is 1. The second kappa shape index (κ2) is 10.7. The smallest absolute Gasteiger partial charge is 0.154 e. The molecule has 0 radical (unpaired) electrons. The van der Waals surface area contributed by atoms with Crippen molar-refractivity contribution in [1.82, 2.24) is 5.43 Å². The van der Waals surface area contributed by atoms with E-state index in [2.05, 4.69) is 17.5 Å². The average molecular weight is 310 g/mol. The van der Waals surface area contributed by atoms with Crippen molar-refractivity contribution < 1.29 is 4.74 Å². The Morgan fingerprint density at radius 3 is 2.70 bits per heavy atom. The standard InChI is InChI=1S/C15H22N2OS2/c1-3-4-5-6-11-20-15(19)17-16-12-13-7-9-14(18-2)10-8-13/h7-10,12H,3-6,11H2,1-2H3,(H,17,19)/b16-12+. The number of unbranched alkanes of at least 4 members (excludes halogenated alkanes) is 3. The number of hydrazone groups is 1. The second-order valence-electron chi connectivity index (χ2n) is 4.34. The molecule has 20 heavy (non-hydrogen) atoms. The third-order valence-corrected chi connectivity index (χ3v) is 4.01. The third-order valence-electron chi connectivity index (χ3n) is 2.72. The molecular formula is C15H22N2OS2. The van der Waals surface area contributed by atoms with Gasteiger partial charge in [0.25, 0.3) is 0 Å². The topological polar surface area (TPSA) is 33.6 Å². The van der Waals surface area contributed by atoms with Crippen LogP contribution in [0.3, 0.4) is 0 Å². The molecule has 0 bridgehead atoms. The molecule has 110 valence electrons. The van der Waals surface area contributed by atoms with Crippen molar-refractivity contribution in [3.63, 3.8) is 0 Å². The molecule has 1 aromatic carbocycles. The fourth-order valence-electron chi connectivity index (χ4n) is 1.58. The molecule has 0 aliphatic rings. The van der Waals surface area contributed by atoms with Crippen LogP contribution in [0.15, 0.2) is 29.4 Å². The first-order valence-corrected chi connectivity index (χ1v) is 8.25. The van der Waals surface area contributed by atoms with Gasteiger partial charge in [0.2, 0.25) is 0 Å². The van der Waals surface area contributed by atoms with Gasteiger partial charge in [0.1, 0.15) is 5.75 Å². The lowest BCUT2D eigenvalue weighted by atomic mass is 10.2. The highest BCUT2D eigenvalue weighted by Gasteiger charge is 1.96. The van der Waals surface area contributed by atoms with Gasteiger partial charge in [-0.3, -0.25) is 5.43 Å². The molecule has 0 atom stereocenters. The quantitative estimate of drug-likeness (QED) is 0.337. The van der Waals surface area contributed by atoms with Crippen molar-refractivity contribution in [1.29, 1.82) is 0 Å². The Kier molecular flexibility index (Phi) is 9.07. The third kappa shape index (κ3) is 7.50. The lowest BCUT2D eigenvalue weighted by Crippen LogP contribution is -2.11. The zero-order valence-electron chi connectivity index (χ0n) is 12.1. The monoisotopic (exact) mass is 310 g/mol. The number of rotatable bonds is 8. The predicted octanol–water partition coefficient (Wildman–Crippen LogP) is 4.22. The summed E-state index contributed by atoms with van der Waals surface area (Å²) in [5, 5.41) is 4.13. The summed E-state index contributed by atoms with van der Waals surface area (Å²) < 4.78 is 5.83. The number of thioether (sulfide) groups is 1. The van der Waals surface area contributed by atoms with Crippen LogP contribution in [-0.2, 0) is 0 Å². The van der Waals surface area contributed by atoms with Crippen molar-refractivity contribution in [3.05, 3.63) is 29.8 Å². The molecule has 0 spiro atoms. The minimum atomic E-state index is 0.728. The summed E-state index contributed by atoms with van der Waals surface area (Å²) in [5.41, 5.74) is 3.89. The number of thiocarbonyl (C=S) groups is 1. The van der Waals surface area contributed by atoms with E-state index in [0.29, 0.717) is 0 Å². The van der Waals surface area contributed by atoms with Gasteiger partial charge >= 0.3 is 0 Å². The van der Waals surface area contributed by atoms with E-state index in [1.165, 1.54) is 25.7 Å². The predicted molar refractivity (Wildman–Crippen MR) is 92.9 cm³/mol. The van der Waals surface area contributed by atoms with Gasteiger partial charge in [0.05, 0.1) is 13.3 Å². The molecule has 0 amide bonds. The van der Waals surface area contributed by atoms with Crippen LogP contribution in [0.4, 0.5) is 0 Å². The SMILES string of the molecule is CCCCCCSC(=S)N/N=C/c1ccc(OC)cc1. The first-order valence-electron chi connectivity index (χ1n) is 6.86. The molecule has 0 aliphatic heterocycles. The summed E-state index contributed by atoms with van der Waals surface area (Å²) in [7, 11) is 1.65. The van der Waals surface area contributed by atoms with Gasteiger partial charge in [-0.2, -0.15) is 5.10 Å². The van der Waals surface area contributed by atoms with Gasteiger partial charge in [-0.1, -0.05) is 50.2 Å². The number of methoxy groups -OCH3 is 1. The Morgan fingerprint density at radius 2 is 2.05 bits per heavy atom. The Hall–Kier alpha value is -1.07. The maximum atomic E-state index is 5.21. The highest BCUT2D eigenvalue weighted by atomic mass is 32.2. The first kappa shape index (κ1) is 17.0. The minimum absolute atomic E-state index is 0.728. The molecule has 1 N–H and O–H groups in total. The Balaban J connectivity index is 2.20. The summed E-state index contributed by atoms with van der Waals surface area (Å²) in [5.74, 6) is 1.90. The van der Waals surface area contributed by atoms with Crippen molar-refractivity contribution in [2.75, 3.05) is 12.9 Å². The maximum absolute atomic E-state index is 5.21. The number of hydrogen-bond acceptors (Lipinski definition) is 4. The van der Waals surface area contributed by atoms with Gasteiger partial charge in [-0.25, -0.2) is 0 Å². The highest BCUT2D eigenvalue weighted by molar-refractivity contribution is 8.22. The lowest BCUT2D eigenvalue weighted by molar-refractivity contribution is 0.415. The van der Waals surface area contributed by atoms with Crippen LogP contribution in [0.1, 0.15) is 38.2 Å². The zero-order valence-corrected chi connectivity index (χ0v) is 13.7. The van der Waals surface area contributed by atoms with Crippen LogP contribution >= 0.6 is 24.0 Å². The molecule has 0 aliphatic carbocycles. The molecule has 1 aromatic rings. The van der Waals surface area contributed by atoms with Crippen LogP contribution in [-0.4, -0.2) is 23.4 Å². The Labute approximate surface area is 131 Å². The minimum Gasteiger partial charge on any atom is -0.497 e. The van der Waals surface area contributed by atoms with Gasteiger partial charge < -0.3 is 4.74 Å². The van der Waals surface area contributed by atoms with Crippen LogP contribution in [0.5, 0.6) is 5.75 Å². The maximum Gasteiger partial charge on any atom is 0.154 e. The molecule has 0 saturated heterocycles. The van der Waals surface area contributed by atoms with E-state index in [1.54, 1.807) is 25.1 Å². The van der Waals surface area contributed by atoms with Crippen molar-refractivity contribution >= 4 is 34.5 Å². The fourth-order valence-corrected chi connectivity index (χ4v) is 2.53. The summed E-state index contributed by atoms with van der Waals surface area (Å²) in [6, 6.07) is 7.71. The van der Waals surface area contributed by atoms with Crippen LogP contribution in [0.2, 0.25) is 0 Å². The number of benzene rings is 1. The second-order valence-corrected chi connectivity index (χ2v) is 6.11. The van der Waals surface area contributed by atoms with Crippen molar-refractivity contribution in [2.45, 2.75) is 32.6 Å². The van der Waals surface area contributed by atoms with E-state index < -0.39 is 0 Å². The molecule has 0 unspecified atom stereocenters. The molecule has 0 aromatic heterocycles.